The van der Waals surface area contributed by atoms with Crippen molar-refractivity contribution in [2.75, 3.05) is 12.4 Å². The molecule has 0 aliphatic rings. The standard InChI is InChI=1S/C18H16FN3O3S2/c1-10(23)20-8-12-4-6-16(27-12)14-9-26-18(21-14)22-17(24)13-7-11(19)3-5-15(13)25-2/h3-7,9H,8H2,1-2H3,(H,20,23)(H,21,22,24). The molecule has 27 heavy (non-hydrogen) atoms. The number of carbonyl (C=O) groups excluding carboxylic acids is 2. The first-order chi connectivity index (χ1) is 13.0. The predicted molar refractivity (Wildman–Crippen MR) is 104 cm³/mol. The van der Waals surface area contributed by atoms with Crippen LogP contribution >= 0.6 is 22.7 Å². The van der Waals surface area contributed by atoms with E-state index in [9.17, 15) is 14.0 Å². The Bertz CT molecular complexity index is 984. The molecule has 2 heterocycles. The largest absolute Gasteiger partial charge is 0.496 e. The van der Waals surface area contributed by atoms with E-state index in [0.29, 0.717) is 11.7 Å². The Morgan fingerprint density at radius 1 is 1.26 bits per heavy atom. The fourth-order valence-electron chi connectivity index (χ4n) is 2.29. The van der Waals surface area contributed by atoms with Gasteiger partial charge in [0.1, 0.15) is 11.6 Å². The number of anilines is 1. The lowest BCUT2D eigenvalue weighted by Gasteiger charge is -2.07. The van der Waals surface area contributed by atoms with E-state index in [2.05, 4.69) is 15.6 Å². The highest BCUT2D eigenvalue weighted by Crippen LogP contribution is 2.31. The average Bonchev–Trinajstić information content (AvgIpc) is 3.29. The van der Waals surface area contributed by atoms with Gasteiger partial charge in [-0.25, -0.2) is 9.37 Å². The van der Waals surface area contributed by atoms with Crippen LogP contribution in [0.1, 0.15) is 22.2 Å². The second-order valence-corrected chi connectivity index (χ2v) is 7.54. The van der Waals surface area contributed by atoms with Gasteiger partial charge in [0.15, 0.2) is 5.13 Å². The summed E-state index contributed by atoms with van der Waals surface area (Å²) in [6.45, 7) is 1.94. The molecule has 0 aliphatic carbocycles. The van der Waals surface area contributed by atoms with E-state index in [-0.39, 0.29) is 17.2 Å². The molecule has 2 aromatic heterocycles. The van der Waals surface area contributed by atoms with E-state index in [4.69, 9.17) is 4.74 Å². The number of thiophene rings is 1. The van der Waals surface area contributed by atoms with Gasteiger partial charge in [-0.3, -0.25) is 14.9 Å². The van der Waals surface area contributed by atoms with Gasteiger partial charge in [-0.15, -0.1) is 22.7 Å². The van der Waals surface area contributed by atoms with Crippen LogP contribution in [-0.2, 0) is 11.3 Å². The molecular weight excluding hydrogens is 389 g/mol. The Morgan fingerprint density at radius 3 is 2.81 bits per heavy atom. The molecule has 1 aromatic carbocycles. The number of nitrogens with zero attached hydrogens (tertiary/aromatic N) is 1. The maximum atomic E-state index is 13.4. The molecule has 9 heteroatoms. The Balaban J connectivity index is 1.72. The van der Waals surface area contributed by atoms with Gasteiger partial charge in [-0.1, -0.05) is 0 Å². The number of methoxy groups -OCH3 is 1. The van der Waals surface area contributed by atoms with Gasteiger partial charge < -0.3 is 10.1 Å². The highest BCUT2D eigenvalue weighted by Gasteiger charge is 2.16. The van der Waals surface area contributed by atoms with Crippen molar-refractivity contribution in [3.05, 3.63) is 52.0 Å². The molecule has 0 spiro atoms. The van der Waals surface area contributed by atoms with E-state index in [1.165, 1.54) is 48.8 Å². The normalized spacial score (nSPS) is 10.5. The highest BCUT2D eigenvalue weighted by atomic mass is 32.1. The molecule has 6 nitrogen and oxygen atoms in total. The summed E-state index contributed by atoms with van der Waals surface area (Å²) in [5.74, 6) is -0.821. The number of carbonyl (C=O) groups is 2. The summed E-state index contributed by atoms with van der Waals surface area (Å²) < 4.78 is 18.6. The highest BCUT2D eigenvalue weighted by molar-refractivity contribution is 7.17. The zero-order valence-electron chi connectivity index (χ0n) is 14.5. The van der Waals surface area contributed by atoms with Gasteiger partial charge >= 0.3 is 0 Å². The fourth-order valence-corrected chi connectivity index (χ4v) is 3.98. The zero-order chi connectivity index (χ0) is 19.4. The van der Waals surface area contributed by atoms with Crippen LogP contribution in [0.4, 0.5) is 9.52 Å². The van der Waals surface area contributed by atoms with Crippen LogP contribution in [0.5, 0.6) is 5.75 Å². The number of aromatic nitrogens is 1. The summed E-state index contributed by atoms with van der Waals surface area (Å²) in [4.78, 5) is 29.7. The second kappa shape index (κ2) is 8.28. The number of nitrogens with one attached hydrogen (secondary N) is 2. The Hall–Kier alpha value is -2.78. The van der Waals surface area contributed by atoms with Gasteiger partial charge in [-0.2, -0.15) is 0 Å². The summed E-state index contributed by atoms with van der Waals surface area (Å²) in [7, 11) is 1.42. The van der Waals surface area contributed by atoms with Gasteiger partial charge in [0.2, 0.25) is 5.91 Å². The second-order valence-electron chi connectivity index (χ2n) is 5.51. The molecule has 0 bridgehead atoms. The molecule has 0 fully saturated rings. The maximum Gasteiger partial charge on any atom is 0.261 e. The van der Waals surface area contributed by atoms with Crippen molar-refractivity contribution >= 4 is 39.6 Å². The van der Waals surface area contributed by atoms with Crippen LogP contribution in [0.2, 0.25) is 0 Å². The van der Waals surface area contributed by atoms with E-state index in [0.717, 1.165) is 21.5 Å². The lowest BCUT2D eigenvalue weighted by Crippen LogP contribution is -2.17. The van der Waals surface area contributed by atoms with Crippen LogP contribution in [0, 0.1) is 5.82 Å². The molecule has 0 saturated carbocycles. The third kappa shape index (κ3) is 4.69. The third-order valence-electron chi connectivity index (χ3n) is 3.56. The average molecular weight is 405 g/mol. The first-order valence-corrected chi connectivity index (χ1v) is 9.60. The van der Waals surface area contributed by atoms with Crippen LogP contribution in [-0.4, -0.2) is 23.9 Å². The molecule has 2 N–H and O–H groups in total. The van der Waals surface area contributed by atoms with Crippen molar-refractivity contribution in [3.8, 4) is 16.3 Å². The van der Waals surface area contributed by atoms with Crippen molar-refractivity contribution in [2.45, 2.75) is 13.5 Å². The summed E-state index contributed by atoms with van der Waals surface area (Å²) in [6.07, 6.45) is 0. The van der Waals surface area contributed by atoms with Gasteiger partial charge in [0, 0.05) is 17.2 Å². The predicted octanol–water partition coefficient (Wildman–Crippen LogP) is 3.91. The van der Waals surface area contributed by atoms with Crippen molar-refractivity contribution in [1.82, 2.24) is 10.3 Å². The summed E-state index contributed by atoms with van der Waals surface area (Å²) in [5.41, 5.74) is 0.823. The number of rotatable bonds is 6. The molecule has 0 saturated heterocycles. The summed E-state index contributed by atoms with van der Waals surface area (Å²) in [5, 5.41) is 7.64. The molecule has 2 amide bonds. The molecule has 0 atom stereocenters. The third-order valence-corrected chi connectivity index (χ3v) is 5.42. The maximum absolute atomic E-state index is 13.4. The monoisotopic (exact) mass is 405 g/mol. The Labute approximate surface area is 163 Å². The SMILES string of the molecule is COc1ccc(F)cc1C(=O)Nc1nc(-c2ccc(CNC(C)=O)s2)cs1. The van der Waals surface area contributed by atoms with Gasteiger partial charge in [0.05, 0.1) is 29.8 Å². The summed E-state index contributed by atoms with van der Waals surface area (Å²) in [6, 6.07) is 7.59. The molecule has 0 radical (unpaired) electrons. The Kier molecular flexibility index (Phi) is 5.82. The van der Waals surface area contributed by atoms with Crippen molar-refractivity contribution in [3.63, 3.8) is 0 Å². The van der Waals surface area contributed by atoms with Crippen LogP contribution in [0.25, 0.3) is 10.6 Å². The minimum atomic E-state index is -0.522. The topological polar surface area (TPSA) is 80.3 Å². The van der Waals surface area contributed by atoms with E-state index in [1.807, 2.05) is 17.5 Å². The summed E-state index contributed by atoms with van der Waals surface area (Å²) >= 11 is 2.78. The lowest BCUT2D eigenvalue weighted by molar-refractivity contribution is -0.119. The molecular formula is C18H16FN3O3S2. The minimum Gasteiger partial charge on any atom is -0.496 e. The lowest BCUT2D eigenvalue weighted by atomic mass is 10.2. The van der Waals surface area contributed by atoms with Crippen LogP contribution < -0.4 is 15.4 Å². The number of hydrogen-bond donors (Lipinski definition) is 2. The van der Waals surface area contributed by atoms with Crippen LogP contribution in [0.3, 0.4) is 0 Å². The number of ether oxygens (including phenoxy) is 1. The van der Waals surface area contributed by atoms with E-state index >= 15 is 0 Å². The smallest absolute Gasteiger partial charge is 0.261 e. The molecule has 0 unspecified atom stereocenters. The first-order valence-electron chi connectivity index (χ1n) is 7.90. The van der Waals surface area contributed by atoms with Gasteiger partial charge in [-0.05, 0) is 30.3 Å². The number of benzene rings is 1. The van der Waals surface area contributed by atoms with E-state index in [1.54, 1.807) is 0 Å². The fraction of sp³-hybridized carbons (Fsp3) is 0.167. The van der Waals surface area contributed by atoms with Crippen molar-refractivity contribution < 1.29 is 18.7 Å². The molecule has 3 aromatic rings. The zero-order valence-corrected chi connectivity index (χ0v) is 16.2. The van der Waals surface area contributed by atoms with Gasteiger partial charge in [0.25, 0.3) is 5.91 Å². The Morgan fingerprint density at radius 2 is 2.07 bits per heavy atom. The molecule has 140 valence electrons. The number of halogens is 1. The quantitative estimate of drug-likeness (QED) is 0.652. The number of thiazole rings is 1. The van der Waals surface area contributed by atoms with Crippen molar-refractivity contribution in [1.29, 1.82) is 0 Å². The minimum absolute atomic E-state index is 0.0867. The molecule has 0 aliphatic heterocycles. The van der Waals surface area contributed by atoms with Crippen LogP contribution in [0.15, 0.2) is 35.7 Å². The number of hydrogen-bond acceptors (Lipinski definition) is 6. The van der Waals surface area contributed by atoms with Crippen molar-refractivity contribution in [2.24, 2.45) is 0 Å². The van der Waals surface area contributed by atoms with E-state index < -0.39 is 11.7 Å². The molecule has 3 rings (SSSR count). The first kappa shape index (κ1) is 19.0. The number of amides is 2.